The van der Waals surface area contributed by atoms with Gasteiger partial charge in [-0.2, -0.15) is 0 Å². The standard InChI is InChI=1S/C29H39NO7/c1-8-34-27(33)29(6,7)37-26-20(2)14-23(15-21(26)3)17-30-18-25(32)36-28(4,5)16-24(31)35-19-22-12-10-9-11-13-22/h9-15,30H,8,16-19H2,1-7H3. The minimum absolute atomic E-state index is 0.0191. The maximum absolute atomic E-state index is 12.4. The summed E-state index contributed by atoms with van der Waals surface area (Å²) in [5, 5.41) is 3.08. The highest BCUT2D eigenvalue weighted by Crippen LogP contribution is 2.29. The Labute approximate surface area is 219 Å². The van der Waals surface area contributed by atoms with Crippen molar-refractivity contribution in [2.24, 2.45) is 0 Å². The number of nitrogens with one attached hydrogen (secondary N) is 1. The monoisotopic (exact) mass is 513 g/mol. The van der Waals surface area contributed by atoms with Crippen LogP contribution < -0.4 is 10.1 Å². The summed E-state index contributed by atoms with van der Waals surface area (Å²) in [6.45, 7) is 13.1. The minimum atomic E-state index is -1.12. The molecule has 8 heteroatoms. The summed E-state index contributed by atoms with van der Waals surface area (Å²) in [5.41, 5.74) is 1.47. The molecule has 0 atom stereocenters. The number of hydrogen-bond donors (Lipinski definition) is 1. The molecule has 0 aliphatic heterocycles. The van der Waals surface area contributed by atoms with Gasteiger partial charge in [-0.3, -0.25) is 9.59 Å². The summed E-state index contributed by atoms with van der Waals surface area (Å²) < 4.78 is 21.9. The second kappa shape index (κ2) is 13.2. The van der Waals surface area contributed by atoms with E-state index >= 15 is 0 Å². The first-order valence-electron chi connectivity index (χ1n) is 12.4. The molecule has 0 saturated heterocycles. The Balaban J connectivity index is 1.83. The van der Waals surface area contributed by atoms with Crippen LogP contribution >= 0.6 is 0 Å². The largest absolute Gasteiger partial charge is 0.476 e. The molecule has 37 heavy (non-hydrogen) atoms. The number of ether oxygens (including phenoxy) is 4. The molecule has 0 radical (unpaired) electrons. The number of carbonyl (C=O) groups is 3. The van der Waals surface area contributed by atoms with Gasteiger partial charge < -0.3 is 24.3 Å². The van der Waals surface area contributed by atoms with E-state index in [1.165, 1.54) is 0 Å². The van der Waals surface area contributed by atoms with E-state index in [0.717, 1.165) is 22.3 Å². The van der Waals surface area contributed by atoms with E-state index in [1.807, 2.05) is 56.3 Å². The first-order chi connectivity index (χ1) is 17.3. The van der Waals surface area contributed by atoms with Crippen LogP contribution in [0.5, 0.6) is 5.75 Å². The van der Waals surface area contributed by atoms with Crippen LogP contribution in [-0.4, -0.2) is 42.3 Å². The van der Waals surface area contributed by atoms with E-state index < -0.39 is 29.1 Å². The highest BCUT2D eigenvalue weighted by Gasteiger charge is 2.32. The molecule has 0 fully saturated rings. The zero-order valence-electron chi connectivity index (χ0n) is 22.9. The summed E-state index contributed by atoms with van der Waals surface area (Å²) in [6.07, 6.45) is -0.0480. The van der Waals surface area contributed by atoms with Crippen LogP contribution in [-0.2, 0) is 41.7 Å². The van der Waals surface area contributed by atoms with Crippen molar-refractivity contribution < 1.29 is 33.3 Å². The van der Waals surface area contributed by atoms with E-state index in [9.17, 15) is 14.4 Å². The Morgan fingerprint density at radius 1 is 0.865 bits per heavy atom. The van der Waals surface area contributed by atoms with Gasteiger partial charge in [-0.25, -0.2) is 4.79 Å². The molecule has 0 unspecified atom stereocenters. The second-order valence-electron chi connectivity index (χ2n) is 10.1. The average Bonchev–Trinajstić information content (AvgIpc) is 2.80. The van der Waals surface area contributed by atoms with Gasteiger partial charge in [-0.1, -0.05) is 42.5 Å². The van der Waals surface area contributed by atoms with Crippen molar-refractivity contribution in [3.63, 3.8) is 0 Å². The lowest BCUT2D eigenvalue weighted by atomic mass is 10.0. The van der Waals surface area contributed by atoms with Gasteiger partial charge in [-0.05, 0) is 70.7 Å². The molecule has 0 aliphatic carbocycles. The molecular weight excluding hydrogens is 474 g/mol. The molecule has 0 spiro atoms. The fourth-order valence-electron chi connectivity index (χ4n) is 3.73. The molecule has 8 nitrogen and oxygen atoms in total. The van der Waals surface area contributed by atoms with Crippen molar-refractivity contribution in [3.05, 3.63) is 64.7 Å². The average molecular weight is 514 g/mol. The molecular formula is C29H39NO7. The van der Waals surface area contributed by atoms with Gasteiger partial charge in [0.2, 0.25) is 0 Å². The van der Waals surface area contributed by atoms with Crippen molar-refractivity contribution >= 4 is 17.9 Å². The zero-order chi connectivity index (χ0) is 27.6. The quantitative estimate of drug-likeness (QED) is 0.307. The van der Waals surface area contributed by atoms with Crippen molar-refractivity contribution in [3.8, 4) is 5.75 Å². The van der Waals surface area contributed by atoms with E-state index in [4.69, 9.17) is 18.9 Å². The van der Waals surface area contributed by atoms with Gasteiger partial charge in [0, 0.05) is 6.54 Å². The van der Waals surface area contributed by atoms with E-state index in [1.54, 1.807) is 34.6 Å². The Kier molecular flexibility index (Phi) is 10.7. The number of carbonyl (C=O) groups excluding carboxylic acids is 3. The Morgan fingerprint density at radius 3 is 2.08 bits per heavy atom. The fraction of sp³-hybridized carbons (Fsp3) is 0.483. The van der Waals surface area contributed by atoms with Gasteiger partial charge >= 0.3 is 17.9 Å². The van der Waals surface area contributed by atoms with Gasteiger partial charge in [0.15, 0.2) is 5.60 Å². The maximum Gasteiger partial charge on any atom is 0.349 e. The Morgan fingerprint density at radius 2 is 1.49 bits per heavy atom. The lowest BCUT2D eigenvalue weighted by Crippen LogP contribution is -2.40. The molecule has 2 aromatic rings. The molecule has 202 valence electrons. The molecule has 0 bridgehead atoms. The van der Waals surface area contributed by atoms with Crippen LogP contribution in [0.15, 0.2) is 42.5 Å². The lowest BCUT2D eigenvalue weighted by Gasteiger charge is -2.26. The first-order valence-corrected chi connectivity index (χ1v) is 12.4. The highest BCUT2D eigenvalue weighted by molar-refractivity contribution is 5.79. The summed E-state index contributed by atoms with van der Waals surface area (Å²) >= 11 is 0. The summed E-state index contributed by atoms with van der Waals surface area (Å²) in [5.74, 6) is -0.702. The predicted octanol–water partition coefficient (Wildman–Crippen LogP) is 4.57. The molecule has 0 aromatic heterocycles. The van der Waals surface area contributed by atoms with Crippen LogP contribution in [0.3, 0.4) is 0 Å². The van der Waals surface area contributed by atoms with Crippen LogP contribution in [0.4, 0.5) is 0 Å². The molecule has 0 amide bonds. The number of aryl methyl sites for hydroxylation is 2. The second-order valence-corrected chi connectivity index (χ2v) is 10.1. The summed E-state index contributed by atoms with van der Waals surface area (Å²) in [4.78, 5) is 36.8. The normalized spacial score (nSPS) is 11.5. The molecule has 0 heterocycles. The molecule has 0 aliphatic rings. The summed E-state index contributed by atoms with van der Waals surface area (Å²) in [6, 6.07) is 13.3. The SMILES string of the molecule is CCOC(=O)C(C)(C)Oc1c(C)cc(CNCC(=O)OC(C)(C)CC(=O)OCc2ccccc2)cc1C. The van der Waals surface area contributed by atoms with E-state index in [-0.39, 0.29) is 26.2 Å². The predicted molar refractivity (Wildman–Crippen MR) is 140 cm³/mol. The van der Waals surface area contributed by atoms with Gasteiger partial charge in [0.05, 0.1) is 19.6 Å². The number of esters is 3. The van der Waals surface area contributed by atoms with Gasteiger partial charge in [0.25, 0.3) is 0 Å². The number of rotatable bonds is 13. The Hall–Kier alpha value is -3.39. The van der Waals surface area contributed by atoms with Crippen LogP contribution in [0, 0.1) is 13.8 Å². The van der Waals surface area contributed by atoms with Gasteiger partial charge in [-0.15, -0.1) is 0 Å². The van der Waals surface area contributed by atoms with Crippen LogP contribution in [0.1, 0.15) is 63.3 Å². The van der Waals surface area contributed by atoms with Crippen molar-refractivity contribution in [2.75, 3.05) is 13.2 Å². The Bertz CT molecular complexity index is 1050. The first kappa shape index (κ1) is 29.8. The lowest BCUT2D eigenvalue weighted by molar-refractivity contribution is -0.163. The zero-order valence-corrected chi connectivity index (χ0v) is 22.9. The van der Waals surface area contributed by atoms with Crippen molar-refractivity contribution in [1.82, 2.24) is 5.32 Å². The minimum Gasteiger partial charge on any atom is -0.476 e. The third kappa shape index (κ3) is 9.88. The molecule has 0 saturated carbocycles. The third-order valence-electron chi connectivity index (χ3n) is 5.45. The molecule has 2 aromatic carbocycles. The third-order valence-corrected chi connectivity index (χ3v) is 5.45. The van der Waals surface area contributed by atoms with Crippen molar-refractivity contribution in [2.45, 2.75) is 79.2 Å². The smallest absolute Gasteiger partial charge is 0.349 e. The fourth-order valence-corrected chi connectivity index (χ4v) is 3.73. The van der Waals surface area contributed by atoms with Crippen LogP contribution in [0.2, 0.25) is 0 Å². The van der Waals surface area contributed by atoms with E-state index in [0.29, 0.717) is 12.3 Å². The molecule has 1 N–H and O–H groups in total. The van der Waals surface area contributed by atoms with Crippen LogP contribution in [0.25, 0.3) is 0 Å². The topological polar surface area (TPSA) is 100 Å². The van der Waals surface area contributed by atoms with E-state index in [2.05, 4.69) is 5.32 Å². The number of hydrogen-bond acceptors (Lipinski definition) is 8. The maximum atomic E-state index is 12.4. The van der Waals surface area contributed by atoms with Gasteiger partial charge in [0.1, 0.15) is 18.0 Å². The van der Waals surface area contributed by atoms with Crippen molar-refractivity contribution in [1.29, 1.82) is 0 Å². The summed E-state index contributed by atoms with van der Waals surface area (Å²) in [7, 11) is 0. The number of benzene rings is 2. The highest BCUT2D eigenvalue weighted by atomic mass is 16.6. The molecule has 2 rings (SSSR count).